The molecule has 3 aliphatic heterocycles. The van der Waals surface area contributed by atoms with Gasteiger partial charge in [-0.15, -0.1) is 0 Å². The Morgan fingerprint density at radius 1 is 0.923 bits per heavy atom. The van der Waals surface area contributed by atoms with Gasteiger partial charge in [0.1, 0.15) is 31.3 Å². The molecule has 2 fully saturated rings. The van der Waals surface area contributed by atoms with Crippen molar-refractivity contribution in [1.29, 1.82) is 0 Å². The molecule has 15 heteroatoms. The molecule has 2 saturated heterocycles. The minimum atomic E-state index is -4.44. The highest BCUT2D eigenvalue weighted by Crippen LogP contribution is 2.38. The van der Waals surface area contributed by atoms with Crippen LogP contribution in [0.2, 0.25) is 0 Å². The van der Waals surface area contributed by atoms with Crippen LogP contribution in [0.15, 0.2) is 89.0 Å². The zero-order valence-electron chi connectivity index (χ0n) is 29.4. The predicted octanol–water partition coefficient (Wildman–Crippen LogP) is 5.15. The molecular formula is C37H43F3N8O4. The van der Waals surface area contributed by atoms with Crippen LogP contribution < -0.4 is 20.2 Å². The second-order valence-electron chi connectivity index (χ2n) is 13.3. The summed E-state index contributed by atoms with van der Waals surface area (Å²) in [6, 6.07) is 20.9. The van der Waals surface area contributed by atoms with E-state index in [-0.39, 0.29) is 31.5 Å². The lowest BCUT2D eigenvalue weighted by atomic mass is 10.0. The van der Waals surface area contributed by atoms with E-state index in [4.69, 9.17) is 14.2 Å². The van der Waals surface area contributed by atoms with Crippen LogP contribution >= 0.6 is 0 Å². The molecule has 276 valence electrons. The Kier molecular flexibility index (Phi) is 10.0. The molecular weight excluding hydrogens is 677 g/mol. The smallest absolute Gasteiger partial charge is 0.416 e. The molecule has 0 saturated carbocycles. The van der Waals surface area contributed by atoms with E-state index in [0.717, 1.165) is 61.8 Å². The number of hydrogen-bond acceptors (Lipinski definition) is 10. The van der Waals surface area contributed by atoms with Crippen molar-refractivity contribution in [1.82, 2.24) is 24.5 Å². The number of piperazine rings is 1. The number of benzene rings is 3. The molecule has 0 radical (unpaired) electrons. The van der Waals surface area contributed by atoms with E-state index in [1.165, 1.54) is 16.8 Å². The highest BCUT2D eigenvalue weighted by Gasteiger charge is 2.46. The van der Waals surface area contributed by atoms with Gasteiger partial charge in [-0.1, -0.05) is 19.1 Å². The fourth-order valence-corrected chi connectivity index (χ4v) is 6.62. The molecule has 3 aliphatic rings. The third-order valence-electron chi connectivity index (χ3n) is 9.93. The Balaban J connectivity index is 0.926. The first-order valence-electron chi connectivity index (χ1n) is 17.5. The van der Waals surface area contributed by atoms with Gasteiger partial charge in [0.2, 0.25) is 5.79 Å². The van der Waals surface area contributed by atoms with Crippen molar-refractivity contribution < 1.29 is 27.4 Å². The van der Waals surface area contributed by atoms with Crippen LogP contribution in [-0.4, -0.2) is 96.3 Å². The topological polar surface area (TPSA) is 92.8 Å². The number of anilines is 2. The van der Waals surface area contributed by atoms with Gasteiger partial charge in [0.25, 0.3) is 0 Å². The van der Waals surface area contributed by atoms with Gasteiger partial charge >= 0.3 is 11.9 Å². The molecule has 3 aromatic carbocycles. The Hall–Kier alpha value is -4.86. The van der Waals surface area contributed by atoms with Gasteiger partial charge in [-0.05, 0) is 74.0 Å². The molecule has 3 atom stereocenters. The Morgan fingerprint density at radius 2 is 1.54 bits per heavy atom. The van der Waals surface area contributed by atoms with Gasteiger partial charge in [0.05, 0.1) is 30.4 Å². The molecule has 7 rings (SSSR count). The molecule has 52 heavy (non-hydrogen) atoms. The number of alkyl halides is 3. The van der Waals surface area contributed by atoms with E-state index < -0.39 is 23.6 Å². The summed E-state index contributed by atoms with van der Waals surface area (Å²) in [5.74, 6) is -0.644. The Morgan fingerprint density at radius 3 is 2.12 bits per heavy atom. The maximum absolute atomic E-state index is 13.3. The number of ether oxygens (including phenoxy) is 3. The number of hydrazone groups is 1. The SMILES string of the molecule is CCC(C)n1ncn(-c2ccc(N3CCN(c4ccc(OCC5COC(CN6N=CCN6C)(c6ccc(C(F)(F)F)cc6)O5)cc4)CC3)cc2)c1=O. The fourth-order valence-electron chi connectivity index (χ4n) is 6.62. The van der Waals surface area contributed by atoms with Crippen LogP contribution in [0.25, 0.3) is 5.69 Å². The fraction of sp³-hybridized carbons (Fsp3) is 0.432. The van der Waals surface area contributed by atoms with Gasteiger partial charge in [0.15, 0.2) is 0 Å². The van der Waals surface area contributed by atoms with Gasteiger partial charge in [0, 0.05) is 56.4 Å². The van der Waals surface area contributed by atoms with Crippen LogP contribution in [-0.2, 0) is 21.4 Å². The number of hydrazine groups is 1. The number of nitrogens with zero attached hydrogens (tertiary/aromatic N) is 8. The monoisotopic (exact) mass is 720 g/mol. The first-order valence-corrected chi connectivity index (χ1v) is 17.5. The van der Waals surface area contributed by atoms with Crippen molar-refractivity contribution in [3.8, 4) is 11.4 Å². The van der Waals surface area contributed by atoms with Crippen molar-refractivity contribution in [2.45, 2.75) is 44.4 Å². The summed E-state index contributed by atoms with van der Waals surface area (Å²) in [6.07, 6.45) is -0.738. The minimum Gasteiger partial charge on any atom is -0.491 e. The van der Waals surface area contributed by atoms with Crippen molar-refractivity contribution in [3.05, 3.63) is 101 Å². The quantitative estimate of drug-likeness (QED) is 0.209. The summed E-state index contributed by atoms with van der Waals surface area (Å²) < 4.78 is 61.6. The second kappa shape index (κ2) is 14.6. The maximum atomic E-state index is 13.3. The lowest BCUT2D eigenvalue weighted by Crippen LogP contribution is -2.46. The van der Waals surface area contributed by atoms with Crippen LogP contribution in [0, 0.1) is 0 Å². The molecule has 4 aromatic rings. The number of rotatable bonds is 11. The van der Waals surface area contributed by atoms with Crippen molar-refractivity contribution >= 4 is 17.6 Å². The molecule has 1 aromatic heterocycles. The van der Waals surface area contributed by atoms with E-state index in [0.29, 0.717) is 17.9 Å². The Bertz CT molecular complexity index is 1890. The lowest BCUT2D eigenvalue weighted by molar-refractivity contribution is -0.209. The highest BCUT2D eigenvalue weighted by atomic mass is 19.4. The zero-order chi connectivity index (χ0) is 36.5. The van der Waals surface area contributed by atoms with Gasteiger partial charge in [-0.2, -0.15) is 23.4 Å². The third kappa shape index (κ3) is 7.38. The van der Waals surface area contributed by atoms with Crippen molar-refractivity contribution in [2.75, 3.05) is 69.3 Å². The van der Waals surface area contributed by atoms with Crippen LogP contribution in [0.3, 0.4) is 0 Å². The average Bonchev–Trinajstić information content (AvgIpc) is 3.89. The lowest BCUT2D eigenvalue weighted by Gasteiger charge is -2.37. The summed E-state index contributed by atoms with van der Waals surface area (Å²) in [7, 11) is 1.86. The van der Waals surface area contributed by atoms with E-state index in [2.05, 4.69) is 32.1 Å². The molecule has 0 N–H and O–H groups in total. The van der Waals surface area contributed by atoms with Crippen LogP contribution in [0.4, 0.5) is 24.5 Å². The van der Waals surface area contributed by atoms with Gasteiger partial charge in [-0.3, -0.25) is 0 Å². The molecule has 12 nitrogen and oxygen atoms in total. The summed E-state index contributed by atoms with van der Waals surface area (Å²) in [4.78, 5) is 17.5. The van der Waals surface area contributed by atoms with E-state index >= 15 is 0 Å². The van der Waals surface area contributed by atoms with Gasteiger partial charge in [-0.25, -0.2) is 24.2 Å². The predicted molar refractivity (Wildman–Crippen MR) is 191 cm³/mol. The molecule has 0 spiro atoms. The van der Waals surface area contributed by atoms with Crippen molar-refractivity contribution in [3.63, 3.8) is 0 Å². The van der Waals surface area contributed by atoms with E-state index in [9.17, 15) is 18.0 Å². The minimum absolute atomic E-state index is 0.0468. The third-order valence-corrected chi connectivity index (χ3v) is 9.93. The van der Waals surface area contributed by atoms with Crippen LogP contribution in [0.5, 0.6) is 5.75 Å². The largest absolute Gasteiger partial charge is 0.491 e. The molecule has 3 unspecified atom stereocenters. The molecule has 0 aliphatic carbocycles. The van der Waals surface area contributed by atoms with Crippen LogP contribution in [0.1, 0.15) is 37.4 Å². The van der Waals surface area contributed by atoms with Crippen molar-refractivity contribution in [2.24, 2.45) is 5.10 Å². The maximum Gasteiger partial charge on any atom is 0.416 e. The summed E-state index contributed by atoms with van der Waals surface area (Å²) in [6.45, 7) is 8.59. The summed E-state index contributed by atoms with van der Waals surface area (Å²) in [5, 5.41) is 12.2. The first-order chi connectivity index (χ1) is 25.0. The highest BCUT2D eigenvalue weighted by molar-refractivity contribution is 5.60. The van der Waals surface area contributed by atoms with E-state index in [1.54, 1.807) is 22.2 Å². The standard InChI is InChI=1S/C37H43F3N8O4/c1-4-27(2)48-35(49)46(26-42-48)32-11-9-30(10-12-32)44-19-21-45(22-20-44)31-13-15-33(16-14-31)50-23-34-24-51-36(52-34,25-47-41-17-18-43(47)3)28-5-7-29(8-6-28)37(38,39)40/h5-17,26-27,34H,4,18-25H2,1-3H3. The molecule has 0 amide bonds. The Labute approximate surface area is 300 Å². The second-order valence-corrected chi connectivity index (χ2v) is 13.3. The average molecular weight is 721 g/mol. The number of halogens is 3. The van der Waals surface area contributed by atoms with Gasteiger partial charge < -0.3 is 24.0 Å². The summed E-state index contributed by atoms with van der Waals surface area (Å²) in [5.41, 5.74) is 2.59. The molecule has 4 heterocycles. The first kappa shape index (κ1) is 35.5. The zero-order valence-corrected chi connectivity index (χ0v) is 29.4. The normalized spacial score (nSPS) is 21.7. The number of aromatic nitrogens is 3. The molecule has 0 bridgehead atoms. The number of hydrogen-bond donors (Lipinski definition) is 0. The summed E-state index contributed by atoms with van der Waals surface area (Å²) >= 11 is 0. The van der Waals surface area contributed by atoms with E-state index in [1.807, 2.05) is 62.3 Å².